The van der Waals surface area contributed by atoms with E-state index in [0.29, 0.717) is 6.42 Å². The fraction of sp³-hybridized carbons (Fsp3) is 0.650. The second kappa shape index (κ2) is 10.4. The van der Waals surface area contributed by atoms with E-state index in [0.717, 1.165) is 0 Å². The van der Waals surface area contributed by atoms with E-state index in [4.69, 9.17) is 5.11 Å². The minimum Gasteiger partial charge on any atom is -0.481 e. The van der Waals surface area contributed by atoms with Crippen LogP contribution in [0.3, 0.4) is 0 Å². The highest BCUT2D eigenvalue weighted by molar-refractivity contribution is 6.15. The minimum atomic E-state index is -1.80. The normalized spacial score (nSPS) is 24.4. The molecule has 13 nitrogen and oxygen atoms in total. The third kappa shape index (κ3) is 6.05. The fourth-order valence-electron chi connectivity index (χ4n) is 3.82. The zero-order valence-electron chi connectivity index (χ0n) is 18.4. The summed E-state index contributed by atoms with van der Waals surface area (Å²) in [7, 11) is 0. The van der Waals surface area contributed by atoms with Crippen molar-refractivity contribution < 1.29 is 43.8 Å². The van der Waals surface area contributed by atoms with E-state index in [1.54, 1.807) is 0 Å². The number of hydrogen-bond donors (Lipinski definition) is 5. The Morgan fingerprint density at radius 3 is 2.42 bits per heavy atom. The maximum absolute atomic E-state index is 12.9. The number of nitrogens with zero attached hydrogens (tertiary/aromatic N) is 1. The number of carbonyl (C=O) groups is 7. The van der Waals surface area contributed by atoms with Gasteiger partial charge in [0.15, 0.2) is 11.3 Å². The molecule has 2 heterocycles. The number of hydrogen-bond acceptors (Lipinski definition) is 7. The number of carboxylic acid groups (broad SMARTS) is 2. The van der Waals surface area contributed by atoms with E-state index in [2.05, 4.69) is 16.0 Å². The lowest BCUT2D eigenvalue weighted by Gasteiger charge is -2.33. The third-order valence-corrected chi connectivity index (χ3v) is 5.80. The molecule has 2 aliphatic rings. The predicted octanol–water partition coefficient (Wildman–Crippen LogP) is -1.85. The number of aliphatic carboxylic acids is 2. The number of carbonyl (C=O) groups excluding carboxylic acids is 5. The molecule has 0 aliphatic carbocycles. The largest absolute Gasteiger partial charge is 0.481 e. The Balaban J connectivity index is 2.04. The average Bonchev–Trinajstić information content (AvgIpc) is 3.22. The average molecular weight is 468 g/mol. The molecule has 4 amide bonds. The van der Waals surface area contributed by atoms with Crippen LogP contribution in [-0.4, -0.2) is 86.7 Å². The molecule has 33 heavy (non-hydrogen) atoms. The van der Waals surface area contributed by atoms with Crippen LogP contribution in [0, 0.1) is 0 Å². The van der Waals surface area contributed by atoms with Gasteiger partial charge in [0.2, 0.25) is 17.7 Å². The van der Waals surface area contributed by atoms with Crippen molar-refractivity contribution in [2.75, 3.05) is 6.54 Å². The van der Waals surface area contributed by atoms with Gasteiger partial charge in [-0.1, -0.05) is 0 Å². The first kappa shape index (κ1) is 25.7. The summed E-state index contributed by atoms with van der Waals surface area (Å²) in [5.41, 5.74) is -1.80. The van der Waals surface area contributed by atoms with Crippen molar-refractivity contribution >= 4 is 41.4 Å². The molecule has 2 rings (SSSR count). The number of nitrogens with one attached hydrogen (secondary N) is 3. The molecule has 2 fully saturated rings. The van der Waals surface area contributed by atoms with Gasteiger partial charge < -0.3 is 31.1 Å². The van der Waals surface area contributed by atoms with Crippen LogP contribution in [0.5, 0.6) is 0 Å². The van der Waals surface area contributed by atoms with Crippen LogP contribution in [0.15, 0.2) is 0 Å². The summed E-state index contributed by atoms with van der Waals surface area (Å²) in [6, 6.07) is -3.55. The quantitative estimate of drug-likeness (QED) is 0.241. The first-order chi connectivity index (χ1) is 15.4. The van der Waals surface area contributed by atoms with Gasteiger partial charge in [-0.2, -0.15) is 0 Å². The van der Waals surface area contributed by atoms with Crippen molar-refractivity contribution in [2.24, 2.45) is 0 Å². The molecule has 0 radical (unpaired) electrons. The Morgan fingerprint density at radius 2 is 1.82 bits per heavy atom. The molecule has 0 spiro atoms. The van der Waals surface area contributed by atoms with Crippen LogP contribution in [0.25, 0.3) is 0 Å². The van der Waals surface area contributed by atoms with Crippen molar-refractivity contribution in [1.82, 2.24) is 20.9 Å². The van der Waals surface area contributed by atoms with E-state index in [1.165, 1.54) is 18.7 Å². The minimum absolute atomic E-state index is 0.0233. The van der Waals surface area contributed by atoms with Crippen LogP contribution in [0.2, 0.25) is 0 Å². The van der Waals surface area contributed by atoms with Gasteiger partial charge in [0.1, 0.15) is 18.1 Å². The molecule has 182 valence electrons. The Kier molecular flexibility index (Phi) is 8.12. The molecule has 2 aliphatic heterocycles. The smallest absolute Gasteiger partial charge is 0.326 e. The molecular formula is C20H28N4O9. The number of likely N-dealkylation sites (tertiary alicyclic amines) is 1. The molecule has 5 N–H and O–H groups in total. The first-order valence-electron chi connectivity index (χ1n) is 10.6. The Bertz CT molecular complexity index is 874. The van der Waals surface area contributed by atoms with Gasteiger partial charge in [-0.15, -0.1) is 0 Å². The monoisotopic (exact) mass is 468 g/mol. The molecule has 0 aromatic carbocycles. The Labute approximate surface area is 189 Å². The lowest BCUT2D eigenvalue weighted by Crippen LogP contribution is -2.66. The molecule has 0 bridgehead atoms. The van der Waals surface area contributed by atoms with Crippen molar-refractivity contribution in [3.63, 3.8) is 0 Å². The predicted molar refractivity (Wildman–Crippen MR) is 110 cm³/mol. The van der Waals surface area contributed by atoms with E-state index >= 15 is 0 Å². The van der Waals surface area contributed by atoms with Crippen LogP contribution in [0.4, 0.5) is 0 Å². The van der Waals surface area contributed by atoms with Crippen molar-refractivity contribution in [1.29, 1.82) is 0 Å². The number of rotatable bonds is 9. The molecular weight excluding hydrogens is 440 g/mol. The first-order valence-corrected chi connectivity index (χ1v) is 10.6. The summed E-state index contributed by atoms with van der Waals surface area (Å²) in [6.45, 7) is 2.82. The zero-order chi connectivity index (χ0) is 24.9. The highest BCUT2D eigenvalue weighted by atomic mass is 16.4. The lowest BCUT2D eigenvalue weighted by molar-refractivity contribution is -0.148. The molecule has 0 unspecified atom stereocenters. The fourth-order valence-corrected chi connectivity index (χ4v) is 3.82. The zero-order valence-corrected chi connectivity index (χ0v) is 18.4. The Hall–Kier alpha value is -3.51. The van der Waals surface area contributed by atoms with Gasteiger partial charge in [0.05, 0.1) is 0 Å². The number of ketones is 1. The summed E-state index contributed by atoms with van der Waals surface area (Å²) in [4.78, 5) is 85.4. The molecule has 4 atom stereocenters. The summed E-state index contributed by atoms with van der Waals surface area (Å²) >= 11 is 0. The van der Waals surface area contributed by atoms with Crippen LogP contribution in [-0.2, 0) is 33.6 Å². The van der Waals surface area contributed by atoms with Gasteiger partial charge >= 0.3 is 11.9 Å². The van der Waals surface area contributed by atoms with Gasteiger partial charge in [0.25, 0.3) is 5.91 Å². The van der Waals surface area contributed by atoms with Gasteiger partial charge in [0, 0.05) is 25.8 Å². The number of Topliss-reactive ketones (excluding diaryl/α,β-unsaturated/α-hetero) is 1. The maximum Gasteiger partial charge on any atom is 0.326 e. The number of amides is 4. The summed E-state index contributed by atoms with van der Waals surface area (Å²) in [5.74, 6) is -5.75. The number of carboxylic acids is 2. The summed E-state index contributed by atoms with van der Waals surface area (Å²) in [6.07, 6.45) is -0.174. The molecule has 0 aromatic rings. The second-order valence-corrected chi connectivity index (χ2v) is 8.31. The van der Waals surface area contributed by atoms with E-state index in [-0.39, 0.29) is 32.2 Å². The summed E-state index contributed by atoms with van der Waals surface area (Å²) in [5, 5.41) is 25.0. The Morgan fingerprint density at radius 1 is 1.15 bits per heavy atom. The van der Waals surface area contributed by atoms with Crippen molar-refractivity contribution in [3.05, 3.63) is 0 Å². The molecule has 0 aromatic heterocycles. The topological polar surface area (TPSA) is 199 Å². The standard InChI is InChI=1S/C20H28N4O9/c1-10(21-19(33)20(2)13(25)6-7-14(26)23-20)17(30)24-9-3-4-12(24)16(29)22-11(18(31)32)5-8-15(27)28/h10-12H,3-9H2,1-2H3,(H,21,33)(H,22,29)(H,23,26)(H,27,28)(H,31,32)/t10-,11-,12-,20+/m0/s1. The van der Waals surface area contributed by atoms with Crippen LogP contribution >= 0.6 is 0 Å². The van der Waals surface area contributed by atoms with Gasteiger partial charge in [-0.05, 0) is 33.1 Å². The van der Waals surface area contributed by atoms with E-state index in [1.807, 2.05) is 0 Å². The van der Waals surface area contributed by atoms with E-state index in [9.17, 15) is 38.7 Å². The molecule has 2 saturated heterocycles. The van der Waals surface area contributed by atoms with Crippen molar-refractivity contribution in [3.8, 4) is 0 Å². The van der Waals surface area contributed by atoms with Gasteiger partial charge in [-0.3, -0.25) is 28.8 Å². The molecule has 0 saturated carbocycles. The second-order valence-electron chi connectivity index (χ2n) is 8.31. The SMILES string of the molecule is C[C@H](NC(=O)[C@]1(C)NC(=O)CCC1=O)C(=O)N1CCC[C@H]1C(=O)N[C@@H](CCC(=O)O)C(=O)O. The van der Waals surface area contributed by atoms with Crippen molar-refractivity contribution in [2.45, 2.75) is 76.0 Å². The highest BCUT2D eigenvalue weighted by Crippen LogP contribution is 2.20. The third-order valence-electron chi connectivity index (χ3n) is 5.80. The van der Waals surface area contributed by atoms with Crippen LogP contribution < -0.4 is 16.0 Å². The van der Waals surface area contributed by atoms with Gasteiger partial charge in [-0.25, -0.2) is 4.79 Å². The summed E-state index contributed by atoms with van der Waals surface area (Å²) < 4.78 is 0. The van der Waals surface area contributed by atoms with E-state index < -0.39 is 71.4 Å². The maximum atomic E-state index is 12.9. The highest BCUT2D eigenvalue weighted by Gasteiger charge is 2.46. The molecule has 13 heteroatoms. The van der Waals surface area contributed by atoms with Crippen LogP contribution in [0.1, 0.15) is 52.4 Å². The number of piperidine rings is 1. The lowest BCUT2D eigenvalue weighted by atomic mass is 9.88.